The van der Waals surface area contributed by atoms with E-state index in [2.05, 4.69) is 41.0 Å². The lowest BCUT2D eigenvalue weighted by Crippen LogP contribution is -2.49. The first-order chi connectivity index (χ1) is 9.76. The Morgan fingerprint density at radius 1 is 1.25 bits per heavy atom. The smallest absolute Gasteiger partial charge is 0.191 e. The van der Waals surface area contributed by atoms with Gasteiger partial charge in [-0.3, -0.25) is 9.89 Å². The van der Waals surface area contributed by atoms with E-state index in [1.165, 1.54) is 38.8 Å². The first kappa shape index (κ1) is 17.0. The fraction of sp³-hybridized carbons (Fsp3) is 0.812. The van der Waals surface area contributed by atoms with Crippen LogP contribution in [0.25, 0.3) is 0 Å². The van der Waals surface area contributed by atoms with Crippen molar-refractivity contribution in [2.45, 2.75) is 45.6 Å². The molecule has 1 heterocycles. The zero-order chi connectivity index (χ0) is 14.8. The molecule has 1 rings (SSSR count). The molecule has 0 aromatic carbocycles. The van der Waals surface area contributed by atoms with Crippen molar-refractivity contribution in [1.82, 2.24) is 15.5 Å². The molecule has 0 saturated carbocycles. The number of nitrogens with zero attached hydrogens (tertiary/aromatic N) is 2. The number of aliphatic imine (C=N–C) groups is 1. The summed E-state index contributed by atoms with van der Waals surface area (Å²) in [7, 11) is 1.82. The van der Waals surface area contributed by atoms with Gasteiger partial charge in [0, 0.05) is 26.2 Å². The number of hydrogen-bond donors (Lipinski definition) is 2. The molecular formula is C16H32N4. The van der Waals surface area contributed by atoms with E-state index in [1.807, 2.05) is 13.1 Å². The highest BCUT2D eigenvalue weighted by molar-refractivity contribution is 5.79. The Bertz CT molecular complexity index is 289. The van der Waals surface area contributed by atoms with Crippen molar-refractivity contribution in [2.75, 3.05) is 33.2 Å². The fourth-order valence-corrected chi connectivity index (χ4v) is 3.09. The van der Waals surface area contributed by atoms with Crippen LogP contribution in [0.3, 0.4) is 0 Å². The lowest BCUT2D eigenvalue weighted by molar-refractivity contribution is 0.167. The Labute approximate surface area is 124 Å². The van der Waals surface area contributed by atoms with Crippen LogP contribution in [0, 0.1) is 5.92 Å². The van der Waals surface area contributed by atoms with Crippen LogP contribution in [0.1, 0.15) is 39.5 Å². The summed E-state index contributed by atoms with van der Waals surface area (Å²) in [6, 6.07) is 0.620. The van der Waals surface area contributed by atoms with Gasteiger partial charge >= 0.3 is 0 Å². The third-order valence-electron chi connectivity index (χ3n) is 4.32. The Kier molecular flexibility index (Phi) is 8.35. The van der Waals surface area contributed by atoms with Gasteiger partial charge in [-0.05, 0) is 31.8 Å². The Hall–Kier alpha value is -1.03. The lowest BCUT2D eigenvalue weighted by Gasteiger charge is -2.34. The van der Waals surface area contributed by atoms with Crippen molar-refractivity contribution in [3.05, 3.63) is 12.7 Å². The second-order valence-corrected chi connectivity index (χ2v) is 5.51. The molecule has 4 nitrogen and oxygen atoms in total. The van der Waals surface area contributed by atoms with Crippen molar-refractivity contribution in [3.8, 4) is 0 Å². The number of likely N-dealkylation sites (tertiary alicyclic amines) is 1. The Morgan fingerprint density at radius 3 is 2.40 bits per heavy atom. The van der Waals surface area contributed by atoms with Gasteiger partial charge < -0.3 is 10.6 Å². The first-order valence-electron chi connectivity index (χ1n) is 8.06. The standard InChI is InChI=1S/C16H32N4/c1-5-10-18-16(17-4)19-13-15(14(6-2)7-3)20-11-8-9-12-20/h5,14-15H,1,6-13H2,2-4H3,(H2,17,18,19). The molecule has 1 atom stereocenters. The molecular weight excluding hydrogens is 248 g/mol. The van der Waals surface area contributed by atoms with Gasteiger partial charge in [0.25, 0.3) is 0 Å². The van der Waals surface area contributed by atoms with Gasteiger partial charge in [0.05, 0.1) is 0 Å². The highest BCUT2D eigenvalue weighted by Gasteiger charge is 2.27. The SMILES string of the molecule is C=CCNC(=NC)NCC(C(CC)CC)N1CCCC1. The summed E-state index contributed by atoms with van der Waals surface area (Å²) in [6.45, 7) is 12.6. The molecule has 4 heteroatoms. The zero-order valence-electron chi connectivity index (χ0n) is 13.5. The second kappa shape index (κ2) is 9.81. The molecule has 2 N–H and O–H groups in total. The maximum Gasteiger partial charge on any atom is 0.191 e. The van der Waals surface area contributed by atoms with E-state index < -0.39 is 0 Å². The van der Waals surface area contributed by atoms with E-state index in [9.17, 15) is 0 Å². The molecule has 1 unspecified atom stereocenters. The summed E-state index contributed by atoms with van der Waals surface area (Å²) in [5, 5.41) is 6.72. The molecule has 1 aliphatic rings. The molecule has 0 aliphatic carbocycles. The van der Waals surface area contributed by atoms with E-state index in [1.54, 1.807) is 0 Å². The van der Waals surface area contributed by atoms with Gasteiger partial charge in [-0.25, -0.2) is 0 Å². The highest BCUT2D eigenvalue weighted by Crippen LogP contribution is 2.22. The molecule has 0 bridgehead atoms. The number of nitrogens with one attached hydrogen (secondary N) is 2. The summed E-state index contributed by atoms with van der Waals surface area (Å²) < 4.78 is 0. The largest absolute Gasteiger partial charge is 0.355 e. The van der Waals surface area contributed by atoms with Crippen LogP contribution < -0.4 is 10.6 Å². The maximum atomic E-state index is 4.26. The van der Waals surface area contributed by atoms with Gasteiger partial charge in [-0.1, -0.05) is 32.8 Å². The molecule has 1 fully saturated rings. The molecule has 1 aliphatic heterocycles. The lowest BCUT2D eigenvalue weighted by atomic mass is 9.93. The van der Waals surface area contributed by atoms with Crippen molar-refractivity contribution in [1.29, 1.82) is 0 Å². The minimum Gasteiger partial charge on any atom is -0.355 e. The molecule has 116 valence electrons. The summed E-state index contributed by atoms with van der Waals surface area (Å²) in [6.07, 6.45) is 7.04. The van der Waals surface area contributed by atoms with Crippen LogP contribution in [0.4, 0.5) is 0 Å². The number of hydrogen-bond acceptors (Lipinski definition) is 2. The average Bonchev–Trinajstić information content (AvgIpc) is 3.00. The molecule has 0 aromatic rings. The third-order valence-corrected chi connectivity index (χ3v) is 4.32. The van der Waals surface area contributed by atoms with Gasteiger partial charge in [0.2, 0.25) is 0 Å². The van der Waals surface area contributed by atoms with E-state index in [4.69, 9.17) is 0 Å². The van der Waals surface area contributed by atoms with Crippen molar-refractivity contribution < 1.29 is 0 Å². The molecule has 0 aromatic heterocycles. The van der Waals surface area contributed by atoms with Crippen LogP contribution in [0.5, 0.6) is 0 Å². The third kappa shape index (κ3) is 5.16. The zero-order valence-corrected chi connectivity index (χ0v) is 13.5. The van der Waals surface area contributed by atoms with Crippen molar-refractivity contribution in [2.24, 2.45) is 10.9 Å². The van der Waals surface area contributed by atoms with E-state index in [0.717, 1.165) is 25.0 Å². The van der Waals surface area contributed by atoms with Crippen molar-refractivity contribution in [3.63, 3.8) is 0 Å². The Morgan fingerprint density at radius 2 is 1.90 bits per heavy atom. The molecule has 20 heavy (non-hydrogen) atoms. The van der Waals surface area contributed by atoms with Crippen LogP contribution in [0.2, 0.25) is 0 Å². The summed E-state index contributed by atoms with van der Waals surface area (Å²) in [5.41, 5.74) is 0. The normalized spacial score (nSPS) is 18.3. The highest BCUT2D eigenvalue weighted by atomic mass is 15.2. The van der Waals surface area contributed by atoms with E-state index in [-0.39, 0.29) is 0 Å². The number of guanidine groups is 1. The van der Waals surface area contributed by atoms with Crippen LogP contribution in [-0.4, -0.2) is 50.1 Å². The van der Waals surface area contributed by atoms with Gasteiger partial charge in [-0.15, -0.1) is 6.58 Å². The summed E-state index contributed by atoms with van der Waals surface area (Å²) in [4.78, 5) is 6.92. The minimum atomic E-state index is 0.620. The Balaban J connectivity index is 2.56. The number of rotatable bonds is 8. The van der Waals surface area contributed by atoms with Crippen LogP contribution in [-0.2, 0) is 0 Å². The first-order valence-corrected chi connectivity index (χ1v) is 8.06. The topological polar surface area (TPSA) is 39.7 Å². The van der Waals surface area contributed by atoms with Gasteiger partial charge in [0.15, 0.2) is 5.96 Å². The summed E-state index contributed by atoms with van der Waals surface area (Å²) >= 11 is 0. The molecule has 0 radical (unpaired) electrons. The van der Waals surface area contributed by atoms with Crippen molar-refractivity contribution >= 4 is 5.96 Å². The monoisotopic (exact) mass is 280 g/mol. The molecule has 0 amide bonds. The summed E-state index contributed by atoms with van der Waals surface area (Å²) in [5.74, 6) is 1.64. The van der Waals surface area contributed by atoms with Crippen LogP contribution >= 0.6 is 0 Å². The van der Waals surface area contributed by atoms with E-state index >= 15 is 0 Å². The maximum absolute atomic E-state index is 4.26. The fourth-order valence-electron chi connectivity index (χ4n) is 3.09. The average molecular weight is 280 g/mol. The molecule has 1 saturated heterocycles. The predicted molar refractivity (Wildman–Crippen MR) is 88.2 cm³/mol. The van der Waals surface area contributed by atoms with E-state index in [0.29, 0.717) is 6.04 Å². The minimum absolute atomic E-state index is 0.620. The molecule has 0 spiro atoms. The predicted octanol–water partition coefficient (Wildman–Crippen LogP) is 2.24. The van der Waals surface area contributed by atoms with Crippen LogP contribution in [0.15, 0.2) is 17.6 Å². The quantitative estimate of drug-likeness (QED) is 0.407. The van der Waals surface area contributed by atoms with Gasteiger partial charge in [0.1, 0.15) is 0 Å². The second-order valence-electron chi connectivity index (χ2n) is 5.51. The van der Waals surface area contributed by atoms with Gasteiger partial charge in [-0.2, -0.15) is 0 Å².